The van der Waals surface area contributed by atoms with Crippen molar-refractivity contribution in [2.24, 2.45) is 0 Å². The van der Waals surface area contributed by atoms with E-state index in [0.29, 0.717) is 6.61 Å². The molecule has 1 aromatic carbocycles. The number of nitrogens with zero attached hydrogens (tertiary/aromatic N) is 2. The molecule has 0 radical (unpaired) electrons. The molecule has 1 aromatic heterocycles. The van der Waals surface area contributed by atoms with Gasteiger partial charge in [-0.1, -0.05) is 12.1 Å². The van der Waals surface area contributed by atoms with Crippen LogP contribution in [-0.4, -0.2) is 28.5 Å². The highest BCUT2D eigenvalue weighted by Crippen LogP contribution is 2.21. The summed E-state index contributed by atoms with van der Waals surface area (Å²) in [5.74, 6) is -0.602. The monoisotopic (exact) mass is 316 g/mol. The van der Waals surface area contributed by atoms with Gasteiger partial charge in [0.1, 0.15) is 5.60 Å². The zero-order chi connectivity index (χ0) is 17.0. The van der Waals surface area contributed by atoms with Crippen molar-refractivity contribution < 1.29 is 14.3 Å². The van der Waals surface area contributed by atoms with E-state index >= 15 is 0 Å². The lowest BCUT2D eigenvalue weighted by atomic mass is 10.1. The number of esters is 1. The van der Waals surface area contributed by atoms with Crippen molar-refractivity contribution in [3.8, 4) is 5.69 Å². The summed E-state index contributed by atoms with van der Waals surface area (Å²) in [4.78, 5) is 12.2. The van der Waals surface area contributed by atoms with Crippen molar-refractivity contribution in [2.45, 2.75) is 45.8 Å². The van der Waals surface area contributed by atoms with Crippen LogP contribution in [-0.2, 0) is 20.9 Å². The molecule has 124 valence electrons. The molecule has 0 N–H and O–H groups in total. The quantitative estimate of drug-likeness (QED) is 0.793. The van der Waals surface area contributed by atoms with Gasteiger partial charge in [0.15, 0.2) is 0 Å². The average molecular weight is 316 g/mol. The van der Waals surface area contributed by atoms with Gasteiger partial charge in [0.25, 0.3) is 0 Å². The molecule has 0 aliphatic rings. The fraction of sp³-hybridized carbons (Fsp3) is 0.444. The molecule has 1 atom stereocenters. The van der Waals surface area contributed by atoms with E-state index in [4.69, 9.17) is 9.47 Å². The van der Waals surface area contributed by atoms with Crippen LogP contribution in [0.1, 0.15) is 44.7 Å². The molecule has 0 saturated carbocycles. The van der Waals surface area contributed by atoms with E-state index in [-0.39, 0.29) is 11.9 Å². The van der Waals surface area contributed by atoms with E-state index in [1.165, 1.54) is 0 Å². The summed E-state index contributed by atoms with van der Waals surface area (Å²) in [5, 5.41) is 4.36. The molecule has 0 bridgehead atoms. The fourth-order valence-corrected chi connectivity index (χ4v) is 2.18. The smallest absolute Gasteiger partial charge is 0.313 e. The zero-order valence-corrected chi connectivity index (χ0v) is 14.4. The van der Waals surface area contributed by atoms with Crippen LogP contribution in [0.3, 0.4) is 0 Å². The van der Waals surface area contributed by atoms with E-state index in [1.54, 1.807) is 18.0 Å². The number of hydrogen-bond donors (Lipinski definition) is 0. The first-order valence-corrected chi connectivity index (χ1v) is 7.66. The molecule has 0 aliphatic heterocycles. The third kappa shape index (κ3) is 4.66. The first-order valence-electron chi connectivity index (χ1n) is 7.66. The highest BCUT2D eigenvalue weighted by molar-refractivity contribution is 5.77. The highest BCUT2D eigenvalue weighted by Gasteiger charge is 2.24. The van der Waals surface area contributed by atoms with Crippen molar-refractivity contribution in [3.05, 3.63) is 47.8 Å². The topological polar surface area (TPSA) is 53.4 Å². The molecular weight excluding hydrogens is 292 g/mol. The van der Waals surface area contributed by atoms with Crippen molar-refractivity contribution in [3.63, 3.8) is 0 Å². The Morgan fingerprint density at radius 2 is 2.09 bits per heavy atom. The Hall–Kier alpha value is -2.14. The van der Waals surface area contributed by atoms with E-state index in [9.17, 15) is 4.79 Å². The van der Waals surface area contributed by atoms with Gasteiger partial charge in [-0.3, -0.25) is 4.79 Å². The largest absolute Gasteiger partial charge is 0.460 e. The van der Waals surface area contributed by atoms with E-state index < -0.39 is 5.60 Å². The normalized spacial score (nSPS) is 12.9. The number of rotatable bonds is 5. The lowest BCUT2D eigenvalue weighted by molar-refractivity contribution is -0.156. The second kappa shape index (κ2) is 6.96. The van der Waals surface area contributed by atoms with Gasteiger partial charge in [-0.25, -0.2) is 4.68 Å². The summed E-state index contributed by atoms with van der Waals surface area (Å²) in [7, 11) is 1.67. The number of hydrogen-bond acceptors (Lipinski definition) is 4. The van der Waals surface area contributed by atoms with Gasteiger partial charge in [0.2, 0.25) is 0 Å². The summed E-state index contributed by atoms with van der Waals surface area (Å²) in [6, 6.07) is 7.94. The number of benzene rings is 1. The summed E-state index contributed by atoms with van der Waals surface area (Å²) >= 11 is 0. The van der Waals surface area contributed by atoms with Crippen LogP contribution in [0.2, 0.25) is 0 Å². The molecule has 0 amide bonds. The Bertz CT molecular complexity index is 671. The van der Waals surface area contributed by atoms with Crippen LogP contribution in [0.5, 0.6) is 0 Å². The van der Waals surface area contributed by atoms with Gasteiger partial charge in [0, 0.05) is 18.9 Å². The Balaban J connectivity index is 2.17. The van der Waals surface area contributed by atoms with Crippen LogP contribution < -0.4 is 0 Å². The van der Waals surface area contributed by atoms with Gasteiger partial charge in [-0.05, 0) is 45.4 Å². The molecule has 0 saturated heterocycles. The van der Waals surface area contributed by atoms with E-state index in [1.807, 2.05) is 58.2 Å². The number of methoxy groups -OCH3 is 1. The summed E-state index contributed by atoms with van der Waals surface area (Å²) in [6.07, 6.45) is 3.57. The SMILES string of the molecule is COCc1cccc(-n2cc(C(C)C(=O)OC(C)(C)C)cn2)c1. The number of ether oxygens (including phenoxy) is 2. The number of carbonyl (C=O) groups is 1. The van der Waals surface area contributed by atoms with Crippen LogP contribution >= 0.6 is 0 Å². The predicted octanol–water partition coefficient (Wildman–Crippen LogP) is 3.46. The third-order valence-electron chi connectivity index (χ3n) is 3.35. The predicted molar refractivity (Wildman–Crippen MR) is 88.5 cm³/mol. The van der Waals surface area contributed by atoms with Crippen molar-refractivity contribution in [1.29, 1.82) is 0 Å². The Kier molecular flexibility index (Phi) is 5.21. The Morgan fingerprint density at radius 1 is 1.35 bits per heavy atom. The van der Waals surface area contributed by atoms with Crippen molar-refractivity contribution in [1.82, 2.24) is 9.78 Å². The maximum atomic E-state index is 12.2. The fourth-order valence-electron chi connectivity index (χ4n) is 2.18. The highest BCUT2D eigenvalue weighted by atomic mass is 16.6. The minimum absolute atomic E-state index is 0.245. The van der Waals surface area contributed by atoms with Crippen LogP contribution in [0.15, 0.2) is 36.7 Å². The number of carbonyl (C=O) groups excluding carboxylic acids is 1. The maximum absolute atomic E-state index is 12.2. The molecule has 0 fully saturated rings. The van der Waals surface area contributed by atoms with Crippen molar-refractivity contribution >= 4 is 5.97 Å². The van der Waals surface area contributed by atoms with Crippen LogP contribution in [0.25, 0.3) is 5.69 Å². The van der Waals surface area contributed by atoms with Gasteiger partial charge < -0.3 is 9.47 Å². The molecule has 23 heavy (non-hydrogen) atoms. The molecule has 1 unspecified atom stereocenters. The molecule has 0 aliphatic carbocycles. The molecule has 5 nitrogen and oxygen atoms in total. The third-order valence-corrected chi connectivity index (χ3v) is 3.35. The lowest BCUT2D eigenvalue weighted by Gasteiger charge is -2.21. The second-order valence-corrected chi connectivity index (χ2v) is 6.58. The van der Waals surface area contributed by atoms with E-state index in [0.717, 1.165) is 16.8 Å². The minimum atomic E-state index is -0.490. The average Bonchev–Trinajstić information content (AvgIpc) is 2.95. The molecule has 0 spiro atoms. The van der Waals surface area contributed by atoms with Gasteiger partial charge >= 0.3 is 5.97 Å². The van der Waals surface area contributed by atoms with Crippen LogP contribution in [0.4, 0.5) is 0 Å². The second-order valence-electron chi connectivity index (χ2n) is 6.58. The first kappa shape index (κ1) is 17.2. The Morgan fingerprint density at radius 3 is 2.74 bits per heavy atom. The summed E-state index contributed by atoms with van der Waals surface area (Å²) in [5.41, 5.74) is 2.34. The summed E-state index contributed by atoms with van der Waals surface area (Å²) < 4.78 is 12.3. The van der Waals surface area contributed by atoms with Gasteiger partial charge in [-0.15, -0.1) is 0 Å². The molecule has 5 heteroatoms. The van der Waals surface area contributed by atoms with Crippen molar-refractivity contribution in [2.75, 3.05) is 7.11 Å². The zero-order valence-electron chi connectivity index (χ0n) is 14.4. The Labute approximate surface area is 137 Å². The standard InChI is InChI=1S/C18H24N2O3/c1-13(17(21)23-18(2,3)4)15-10-19-20(11-15)16-8-6-7-14(9-16)12-22-5/h6-11,13H,12H2,1-5H3. The lowest BCUT2D eigenvalue weighted by Crippen LogP contribution is -2.26. The summed E-state index contributed by atoms with van der Waals surface area (Å²) in [6.45, 7) is 7.97. The minimum Gasteiger partial charge on any atom is -0.460 e. The number of aromatic nitrogens is 2. The molecule has 2 aromatic rings. The first-order chi connectivity index (χ1) is 10.8. The van der Waals surface area contributed by atoms with Crippen LogP contribution in [0, 0.1) is 0 Å². The molecule has 2 rings (SSSR count). The van der Waals surface area contributed by atoms with Gasteiger partial charge in [-0.2, -0.15) is 5.10 Å². The van der Waals surface area contributed by atoms with E-state index in [2.05, 4.69) is 5.10 Å². The molecule has 1 heterocycles. The maximum Gasteiger partial charge on any atom is 0.313 e. The molecular formula is C18H24N2O3. The van der Waals surface area contributed by atoms with Gasteiger partial charge in [0.05, 0.1) is 24.4 Å².